The molecule has 2 heterocycles. The van der Waals surface area contributed by atoms with Gasteiger partial charge in [0.1, 0.15) is 5.70 Å². The molecule has 0 aromatic heterocycles. The van der Waals surface area contributed by atoms with Crippen molar-refractivity contribution >= 4 is 35.3 Å². The van der Waals surface area contributed by atoms with Gasteiger partial charge in [-0.15, -0.1) is 18.2 Å². The van der Waals surface area contributed by atoms with E-state index < -0.39 is 17.5 Å². The van der Waals surface area contributed by atoms with Crippen LogP contribution >= 0.6 is 11.8 Å². The number of hydrogen-bond acceptors (Lipinski definition) is 5. The number of urea groups is 1. The Bertz CT molecular complexity index is 807. The Labute approximate surface area is 137 Å². The van der Waals surface area contributed by atoms with Crippen LogP contribution in [0.5, 0.6) is 0 Å². The first-order valence-electron chi connectivity index (χ1n) is 6.81. The molecule has 2 aliphatic rings. The second kappa shape index (κ2) is 5.51. The summed E-state index contributed by atoms with van der Waals surface area (Å²) in [6.07, 6.45) is 7.42. The van der Waals surface area contributed by atoms with Crippen LogP contribution in [-0.4, -0.2) is 41.1 Å². The maximum Gasteiger partial charge on any atom is 0.323 e. The largest absolute Gasteiger partial charge is 0.354 e. The Morgan fingerprint density at radius 1 is 1.43 bits per heavy atom. The first kappa shape index (κ1) is 15.2. The van der Waals surface area contributed by atoms with E-state index in [0.29, 0.717) is 12.2 Å². The number of nitrogens with one attached hydrogen (secondary N) is 2. The van der Waals surface area contributed by atoms with Gasteiger partial charge in [0.05, 0.1) is 6.54 Å². The molecule has 6 nitrogen and oxygen atoms in total. The molecule has 23 heavy (non-hydrogen) atoms. The van der Waals surface area contributed by atoms with Crippen molar-refractivity contribution in [2.75, 3.05) is 12.8 Å². The number of hydrogen-bond donors (Lipinski definition) is 2. The van der Waals surface area contributed by atoms with Crippen LogP contribution in [0.15, 0.2) is 23.1 Å². The molecular formula is C16H13N3O3S. The molecule has 0 spiro atoms. The Morgan fingerprint density at radius 2 is 2.22 bits per heavy atom. The number of carbonyl (C=O) groups excluding carboxylic acids is 3. The second-order valence-electron chi connectivity index (χ2n) is 5.29. The summed E-state index contributed by atoms with van der Waals surface area (Å²) in [6.45, 7) is 0.441. The zero-order valence-electron chi connectivity index (χ0n) is 12.3. The van der Waals surface area contributed by atoms with Crippen LogP contribution in [0.4, 0.5) is 4.79 Å². The predicted octanol–water partition coefficient (Wildman–Crippen LogP) is 0.608. The van der Waals surface area contributed by atoms with Crippen molar-refractivity contribution in [3.63, 3.8) is 0 Å². The Morgan fingerprint density at radius 3 is 2.78 bits per heavy atom. The summed E-state index contributed by atoms with van der Waals surface area (Å²) < 4.78 is 0. The molecule has 1 aromatic carbocycles. The lowest BCUT2D eigenvalue weighted by Crippen LogP contribution is -2.53. The quantitative estimate of drug-likeness (QED) is 0.368. The van der Waals surface area contributed by atoms with Gasteiger partial charge in [-0.1, -0.05) is 12.0 Å². The number of fused-ring (bicyclic) bond motifs is 1. The van der Waals surface area contributed by atoms with E-state index in [1.807, 2.05) is 30.4 Å². The zero-order valence-corrected chi connectivity index (χ0v) is 13.1. The van der Waals surface area contributed by atoms with Gasteiger partial charge in [0.15, 0.2) is 11.5 Å². The van der Waals surface area contributed by atoms with E-state index in [0.717, 1.165) is 16.0 Å². The first-order chi connectivity index (χ1) is 11.0. The van der Waals surface area contributed by atoms with Gasteiger partial charge in [-0.3, -0.25) is 10.1 Å². The number of imide groups is 1. The van der Waals surface area contributed by atoms with Gasteiger partial charge >= 0.3 is 6.03 Å². The van der Waals surface area contributed by atoms with E-state index in [2.05, 4.69) is 16.6 Å². The van der Waals surface area contributed by atoms with Gasteiger partial charge in [-0.05, 0) is 24.0 Å². The van der Waals surface area contributed by atoms with Crippen molar-refractivity contribution in [3.8, 4) is 12.3 Å². The molecule has 0 bridgehead atoms. The molecular weight excluding hydrogens is 314 g/mol. The van der Waals surface area contributed by atoms with Crippen LogP contribution < -0.4 is 10.6 Å². The highest BCUT2D eigenvalue weighted by Gasteiger charge is 2.47. The fourth-order valence-corrected chi connectivity index (χ4v) is 3.23. The van der Waals surface area contributed by atoms with Crippen molar-refractivity contribution in [2.45, 2.75) is 17.0 Å². The molecule has 1 unspecified atom stereocenters. The summed E-state index contributed by atoms with van der Waals surface area (Å²) in [5, 5.41) is 4.60. The molecule has 2 N–H and O–H groups in total. The SMILES string of the molecule is C#CC1(CN2Cc3ccc(SC)cc3C2=C=O)NC(=O)NC1=O. The van der Waals surface area contributed by atoms with Crippen molar-refractivity contribution in [1.29, 1.82) is 0 Å². The normalized spacial score (nSPS) is 22.3. The average Bonchev–Trinajstić information content (AvgIpc) is 3.03. The van der Waals surface area contributed by atoms with Crippen molar-refractivity contribution < 1.29 is 14.4 Å². The third kappa shape index (κ3) is 2.38. The summed E-state index contributed by atoms with van der Waals surface area (Å²) in [4.78, 5) is 37.6. The standard InChI is InChI=1S/C16H13N3O3S/c1-3-16(14(21)17-15(22)18-16)9-19-7-10-4-5-11(23-2)6-12(10)13(19)8-20/h1,4-6H,7,9H2,2H3,(H2,17,18,21,22). The minimum absolute atomic E-state index is 0.00886. The fraction of sp³-hybridized carbons (Fsp3) is 0.250. The molecule has 0 aliphatic carbocycles. The third-order valence-corrected chi connectivity index (χ3v) is 4.69. The zero-order chi connectivity index (χ0) is 16.6. The lowest BCUT2D eigenvalue weighted by atomic mass is 10.0. The summed E-state index contributed by atoms with van der Waals surface area (Å²) in [6, 6.07) is 5.19. The van der Waals surface area contributed by atoms with Gasteiger partial charge in [-0.25, -0.2) is 9.59 Å². The van der Waals surface area contributed by atoms with Gasteiger partial charge < -0.3 is 10.2 Å². The maximum atomic E-state index is 12.0. The molecule has 0 radical (unpaired) electrons. The van der Waals surface area contributed by atoms with Gasteiger partial charge in [0.2, 0.25) is 0 Å². The third-order valence-electron chi connectivity index (χ3n) is 3.96. The van der Waals surface area contributed by atoms with Crippen LogP contribution in [0.2, 0.25) is 0 Å². The number of nitrogens with zero attached hydrogens (tertiary/aromatic N) is 1. The number of rotatable bonds is 3. The highest BCUT2D eigenvalue weighted by atomic mass is 32.2. The number of terminal acetylenes is 1. The number of amides is 3. The lowest BCUT2D eigenvalue weighted by molar-refractivity contribution is -0.122. The molecule has 1 atom stereocenters. The molecule has 0 saturated carbocycles. The van der Waals surface area contributed by atoms with Gasteiger partial charge in [0, 0.05) is 17.0 Å². The van der Waals surface area contributed by atoms with Crippen molar-refractivity contribution in [1.82, 2.24) is 15.5 Å². The smallest absolute Gasteiger partial charge is 0.323 e. The highest BCUT2D eigenvalue weighted by molar-refractivity contribution is 7.98. The summed E-state index contributed by atoms with van der Waals surface area (Å²) in [5.74, 6) is 3.69. The molecule has 1 fully saturated rings. The monoisotopic (exact) mass is 327 g/mol. The molecule has 3 amide bonds. The lowest BCUT2D eigenvalue weighted by Gasteiger charge is -2.27. The Balaban J connectivity index is 1.94. The molecule has 1 aromatic rings. The number of benzene rings is 1. The van der Waals surface area contributed by atoms with E-state index in [1.54, 1.807) is 16.7 Å². The van der Waals surface area contributed by atoms with Crippen LogP contribution in [0.25, 0.3) is 5.70 Å². The summed E-state index contributed by atoms with van der Waals surface area (Å²) >= 11 is 1.57. The van der Waals surface area contributed by atoms with Crippen molar-refractivity contribution in [3.05, 3.63) is 29.3 Å². The second-order valence-corrected chi connectivity index (χ2v) is 6.17. The predicted molar refractivity (Wildman–Crippen MR) is 86.0 cm³/mol. The van der Waals surface area contributed by atoms with E-state index in [1.165, 1.54) is 0 Å². The number of carbonyl (C=O) groups is 2. The van der Waals surface area contributed by atoms with E-state index in [-0.39, 0.29) is 6.54 Å². The maximum absolute atomic E-state index is 12.0. The van der Waals surface area contributed by atoms with Crippen LogP contribution in [0.1, 0.15) is 11.1 Å². The Hall–Kier alpha value is -2.68. The van der Waals surface area contributed by atoms with E-state index in [9.17, 15) is 14.4 Å². The van der Waals surface area contributed by atoms with E-state index >= 15 is 0 Å². The number of thioether (sulfide) groups is 1. The molecule has 1 saturated heterocycles. The molecule has 3 rings (SSSR count). The fourth-order valence-electron chi connectivity index (χ4n) is 2.79. The average molecular weight is 327 g/mol. The molecule has 7 heteroatoms. The van der Waals surface area contributed by atoms with Gasteiger partial charge in [0.25, 0.3) is 5.91 Å². The van der Waals surface area contributed by atoms with E-state index in [4.69, 9.17) is 6.42 Å². The minimum Gasteiger partial charge on any atom is -0.354 e. The molecule has 2 aliphatic heterocycles. The van der Waals surface area contributed by atoms with Crippen LogP contribution in [0.3, 0.4) is 0 Å². The Kier molecular flexibility index (Phi) is 3.64. The minimum atomic E-state index is -1.48. The highest BCUT2D eigenvalue weighted by Crippen LogP contribution is 2.34. The van der Waals surface area contributed by atoms with Crippen molar-refractivity contribution in [2.24, 2.45) is 0 Å². The van der Waals surface area contributed by atoms with Crippen LogP contribution in [-0.2, 0) is 16.1 Å². The molecule has 116 valence electrons. The van der Waals surface area contributed by atoms with Crippen LogP contribution in [0, 0.1) is 12.3 Å². The summed E-state index contributed by atoms with van der Waals surface area (Å²) in [5.41, 5.74) is 0.602. The first-order valence-corrected chi connectivity index (χ1v) is 8.04. The topological polar surface area (TPSA) is 78.5 Å². The summed E-state index contributed by atoms with van der Waals surface area (Å²) in [7, 11) is 0. The van der Waals surface area contributed by atoms with Gasteiger partial charge in [-0.2, -0.15) is 0 Å².